The van der Waals surface area contributed by atoms with Crippen LogP contribution in [0, 0.1) is 4.77 Å². The zero-order valence-corrected chi connectivity index (χ0v) is 16.8. The quantitative estimate of drug-likeness (QED) is 0.500. The largest absolute Gasteiger partial charge is 0.417 e. The Hall–Kier alpha value is -2.00. The van der Waals surface area contributed by atoms with Crippen molar-refractivity contribution in [2.75, 3.05) is 0 Å². The van der Waals surface area contributed by atoms with Crippen molar-refractivity contribution in [1.82, 2.24) is 14.5 Å². The van der Waals surface area contributed by atoms with Gasteiger partial charge in [0.15, 0.2) is 4.77 Å². The minimum atomic E-state index is -4.71. The van der Waals surface area contributed by atoms with Crippen molar-refractivity contribution >= 4 is 39.2 Å². The van der Waals surface area contributed by atoms with Gasteiger partial charge in [-0.1, -0.05) is 35.0 Å². The standard InChI is InChI=1S/C18H15BrF3N3OS/c1-3-9(2)25-15-14(16(26)24-17(25)27)12(18(20,21)22)8-13(23-15)10-4-6-11(19)7-5-10/h4-9H,3H2,1-2H3,(H,24,26,27)/t9-/m1/s1. The zero-order valence-electron chi connectivity index (χ0n) is 14.4. The number of benzene rings is 1. The van der Waals surface area contributed by atoms with Crippen molar-refractivity contribution < 1.29 is 13.2 Å². The molecule has 0 saturated carbocycles. The van der Waals surface area contributed by atoms with Crippen LogP contribution in [-0.2, 0) is 6.18 Å². The first kappa shape index (κ1) is 19.8. The van der Waals surface area contributed by atoms with Crippen LogP contribution in [0.25, 0.3) is 22.3 Å². The molecular weight excluding hydrogens is 443 g/mol. The van der Waals surface area contributed by atoms with Gasteiger partial charge in [0, 0.05) is 16.1 Å². The van der Waals surface area contributed by atoms with Gasteiger partial charge in [-0.2, -0.15) is 13.2 Å². The molecule has 3 aromatic rings. The number of fused-ring (bicyclic) bond motifs is 1. The first-order chi connectivity index (χ1) is 12.6. The molecule has 0 spiro atoms. The molecule has 27 heavy (non-hydrogen) atoms. The number of H-pyrrole nitrogens is 1. The summed E-state index contributed by atoms with van der Waals surface area (Å²) < 4.78 is 43.6. The SMILES string of the molecule is CC[C@@H](C)n1c(=S)[nH]c(=O)c2c(C(F)(F)F)cc(-c3ccc(Br)cc3)nc21. The second kappa shape index (κ2) is 7.20. The van der Waals surface area contributed by atoms with E-state index in [4.69, 9.17) is 12.2 Å². The molecule has 0 saturated heterocycles. The number of aromatic nitrogens is 3. The van der Waals surface area contributed by atoms with Gasteiger partial charge in [-0.3, -0.25) is 14.3 Å². The van der Waals surface area contributed by atoms with Crippen molar-refractivity contribution in [2.24, 2.45) is 0 Å². The summed E-state index contributed by atoms with van der Waals surface area (Å²) in [5, 5.41) is -0.503. The molecule has 1 atom stereocenters. The summed E-state index contributed by atoms with van der Waals surface area (Å²) in [6.45, 7) is 3.70. The molecule has 0 radical (unpaired) electrons. The Morgan fingerprint density at radius 3 is 2.48 bits per heavy atom. The maximum absolute atomic E-state index is 13.7. The number of nitrogens with one attached hydrogen (secondary N) is 1. The lowest BCUT2D eigenvalue weighted by atomic mass is 10.1. The molecule has 0 aliphatic carbocycles. The van der Waals surface area contributed by atoms with Crippen molar-refractivity contribution in [1.29, 1.82) is 0 Å². The molecule has 0 aliphatic rings. The maximum atomic E-state index is 13.7. The fraction of sp³-hybridized carbons (Fsp3) is 0.278. The Balaban J connectivity index is 2.49. The Morgan fingerprint density at radius 2 is 1.93 bits per heavy atom. The van der Waals surface area contributed by atoms with Gasteiger partial charge in [0.25, 0.3) is 5.56 Å². The summed E-state index contributed by atoms with van der Waals surface area (Å²) in [6.07, 6.45) is -4.10. The smallest absolute Gasteiger partial charge is 0.300 e. The van der Waals surface area contributed by atoms with Crippen LogP contribution >= 0.6 is 28.1 Å². The van der Waals surface area contributed by atoms with Crippen molar-refractivity contribution in [2.45, 2.75) is 32.5 Å². The molecule has 3 rings (SSSR count). The summed E-state index contributed by atoms with van der Waals surface area (Å²) in [5.74, 6) is 0. The molecule has 142 valence electrons. The molecule has 1 aromatic carbocycles. The van der Waals surface area contributed by atoms with Crippen LogP contribution in [0.3, 0.4) is 0 Å². The number of halogens is 4. The minimum absolute atomic E-state index is 0.0513. The van der Waals surface area contributed by atoms with Crippen molar-refractivity contribution in [3.8, 4) is 11.3 Å². The summed E-state index contributed by atoms with van der Waals surface area (Å²) >= 11 is 8.50. The fourth-order valence-electron chi connectivity index (χ4n) is 2.83. The van der Waals surface area contributed by atoms with Gasteiger partial charge < -0.3 is 0 Å². The minimum Gasteiger partial charge on any atom is -0.300 e. The average molecular weight is 458 g/mol. The van der Waals surface area contributed by atoms with E-state index in [0.717, 1.165) is 10.5 Å². The first-order valence-corrected chi connectivity index (χ1v) is 9.36. The number of nitrogens with zero attached hydrogens (tertiary/aromatic N) is 2. The number of alkyl halides is 3. The van der Waals surface area contributed by atoms with Gasteiger partial charge in [-0.05, 0) is 43.8 Å². The molecular formula is C18H15BrF3N3OS. The summed E-state index contributed by atoms with van der Waals surface area (Å²) in [4.78, 5) is 19.1. The van der Waals surface area contributed by atoms with Crippen LogP contribution in [-0.4, -0.2) is 14.5 Å². The van der Waals surface area contributed by atoms with E-state index in [0.29, 0.717) is 12.0 Å². The molecule has 0 unspecified atom stereocenters. The normalized spacial score (nSPS) is 13.1. The molecule has 0 amide bonds. The molecule has 4 nitrogen and oxygen atoms in total. The molecule has 2 aromatic heterocycles. The molecule has 2 heterocycles. The lowest BCUT2D eigenvalue weighted by Crippen LogP contribution is -2.22. The van der Waals surface area contributed by atoms with Crippen LogP contribution in [0.4, 0.5) is 13.2 Å². The van der Waals surface area contributed by atoms with Crippen molar-refractivity contribution in [3.63, 3.8) is 0 Å². The van der Waals surface area contributed by atoms with E-state index in [9.17, 15) is 18.0 Å². The second-order valence-electron chi connectivity index (χ2n) is 6.14. The van der Waals surface area contributed by atoms with Gasteiger partial charge in [0.1, 0.15) is 5.65 Å². The molecule has 1 N–H and O–H groups in total. The van der Waals surface area contributed by atoms with E-state index < -0.39 is 22.7 Å². The van der Waals surface area contributed by atoms with E-state index in [1.165, 1.54) is 4.57 Å². The Labute approximate surface area is 166 Å². The Kier molecular flexibility index (Phi) is 5.27. The van der Waals surface area contributed by atoms with Crippen LogP contribution in [0.2, 0.25) is 0 Å². The van der Waals surface area contributed by atoms with Gasteiger partial charge in [0.2, 0.25) is 0 Å². The van der Waals surface area contributed by atoms with Crippen LogP contribution < -0.4 is 5.56 Å². The highest BCUT2D eigenvalue weighted by atomic mass is 79.9. The van der Waals surface area contributed by atoms with Crippen LogP contribution in [0.15, 0.2) is 39.6 Å². The third-order valence-corrected chi connectivity index (χ3v) is 5.20. The Bertz CT molecular complexity index is 1120. The van der Waals surface area contributed by atoms with Gasteiger partial charge >= 0.3 is 6.18 Å². The average Bonchev–Trinajstić information content (AvgIpc) is 2.60. The van der Waals surface area contributed by atoms with E-state index >= 15 is 0 Å². The topological polar surface area (TPSA) is 50.7 Å². The van der Waals surface area contributed by atoms with Crippen LogP contribution in [0.1, 0.15) is 31.9 Å². The third kappa shape index (κ3) is 3.70. The number of rotatable bonds is 3. The van der Waals surface area contributed by atoms with Crippen molar-refractivity contribution in [3.05, 3.63) is 55.5 Å². The molecule has 0 fully saturated rings. The highest BCUT2D eigenvalue weighted by Crippen LogP contribution is 2.36. The fourth-order valence-corrected chi connectivity index (χ4v) is 3.45. The summed E-state index contributed by atoms with van der Waals surface area (Å²) in [6, 6.07) is 7.43. The second-order valence-corrected chi connectivity index (χ2v) is 7.45. The van der Waals surface area contributed by atoms with E-state index in [-0.39, 0.29) is 22.2 Å². The maximum Gasteiger partial charge on any atom is 0.417 e. The highest BCUT2D eigenvalue weighted by Gasteiger charge is 2.35. The third-order valence-electron chi connectivity index (χ3n) is 4.37. The highest BCUT2D eigenvalue weighted by molar-refractivity contribution is 9.10. The van der Waals surface area contributed by atoms with Crippen LogP contribution in [0.5, 0.6) is 0 Å². The first-order valence-electron chi connectivity index (χ1n) is 8.16. The number of aromatic amines is 1. The summed E-state index contributed by atoms with van der Waals surface area (Å²) in [5.41, 5.74) is -1.35. The number of hydrogen-bond acceptors (Lipinski definition) is 3. The van der Waals surface area contributed by atoms with Gasteiger partial charge in [0.05, 0.1) is 16.6 Å². The van der Waals surface area contributed by atoms with E-state index in [1.54, 1.807) is 24.3 Å². The molecule has 0 bridgehead atoms. The number of pyridine rings is 1. The summed E-state index contributed by atoms with van der Waals surface area (Å²) in [7, 11) is 0. The van der Waals surface area contributed by atoms with Gasteiger partial charge in [-0.25, -0.2) is 4.98 Å². The zero-order chi connectivity index (χ0) is 19.9. The monoisotopic (exact) mass is 457 g/mol. The van der Waals surface area contributed by atoms with E-state index in [2.05, 4.69) is 25.9 Å². The molecule has 0 aliphatic heterocycles. The van der Waals surface area contributed by atoms with Gasteiger partial charge in [-0.15, -0.1) is 0 Å². The lowest BCUT2D eigenvalue weighted by molar-refractivity contribution is -0.136. The predicted molar refractivity (Wildman–Crippen MR) is 104 cm³/mol. The lowest BCUT2D eigenvalue weighted by Gasteiger charge is -2.19. The molecule has 9 heteroatoms. The van der Waals surface area contributed by atoms with E-state index in [1.807, 2.05) is 13.8 Å². The number of hydrogen-bond donors (Lipinski definition) is 1. The predicted octanol–water partition coefficient (Wildman–Crippen LogP) is 5.87. The Morgan fingerprint density at radius 1 is 1.30 bits per heavy atom.